The molecule has 0 fully saturated rings. The molecule has 2 N–H and O–H groups in total. The van der Waals surface area contributed by atoms with E-state index in [2.05, 4.69) is 10.3 Å². The second kappa shape index (κ2) is 11.3. The van der Waals surface area contributed by atoms with Crippen LogP contribution in [0.5, 0.6) is 0 Å². The number of nitrogens with zero attached hydrogens (tertiary/aromatic N) is 2. The maximum Gasteiger partial charge on any atom is 0.335 e. The Kier molecular flexibility index (Phi) is 7.39. The Morgan fingerprint density at radius 3 is 2.53 bits per heavy atom. The van der Waals surface area contributed by atoms with Crippen LogP contribution in [0.4, 0.5) is 10.1 Å². The molecule has 0 aliphatic carbocycles. The number of fused-ring (bicyclic) bond motifs is 1. The SMILES string of the molecule is CC1=C(C(=O)Nc2ccccc2)[C@H](c2ccc(F)cc2)n2c(s/c(=C\c3ccc(-c4cc(C(=O)O)ccc4Cl)o3)c2=O)=N1. The second-order valence-electron chi connectivity index (χ2n) is 9.66. The summed E-state index contributed by atoms with van der Waals surface area (Å²) in [5, 5.41) is 12.5. The zero-order valence-electron chi connectivity index (χ0n) is 22.4. The summed E-state index contributed by atoms with van der Waals surface area (Å²) in [6, 6.07) is 21.2. The van der Waals surface area contributed by atoms with Gasteiger partial charge < -0.3 is 14.8 Å². The Balaban J connectivity index is 1.44. The van der Waals surface area contributed by atoms with Gasteiger partial charge in [0.25, 0.3) is 11.5 Å². The van der Waals surface area contributed by atoms with E-state index in [0.29, 0.717) is 43.9 Å². The van der Waals surface area contributed by atoms with Gasteiger partial charge in [-0.05, 0) is 67.1 Å². The van der Waals surface area contributed by atoms with Gasteiger partial charge in [-0.25, -0.2) is 14.2 Å². The molecule has 1 atom stereocenters. The number of aromatic carboxylic acids is 1. The molecule has 11 heteroatoms. The second-order valence-corrected chi connectivity index (χ2v) is 11.1. The number of allylic oxidation sites excluding steroid dienone is 1. The molecule has 8 nitrogen and oxygen atoms in total. The first-order valence-corrected chi connectivity index (χ1v) is 14.2. The highest BCUT2D eigenvalue weighted by Crippen LogP contribution is 2.32. The average molecular weight is 614 g/mol. The molecule has 43 heavy (non-hydrogen) atoms. The molecule has 1 aliphatic rings. The third kappa shape index (κ3) is 5.45. The van der Waals surface area contributed by atoms with Crippen LogP contribution < -0.4 is 20.2 Å². The van der Waals surface area contributed by atoms with Crippen LogP contribution in [-0.2, 0) is 4.79 Å². The number of carboxylic acid groups (broad SMARTS) is 1. The number of rotatable bonds is 6. The summed E-state index contributed by atoms with van der Waals surface area (Å²) in [6.45, 7) is 1.70. The van der Waals surface area contributed by atoms with E-state index in [4.69, 9.17) is 16.0 Å². The summed E-state index contributed by atoms with van der Waals surface area (Å²) in [6.07, 6.45) is 1.55. The maximum absolute atomic E-state index is 13.9. The Morgan fingerprint density at radius 2 is 1.81 bits per heavy atom. The van der Waals surface area contributed by atoms with E-state index in [1.54, 1.807) is 61.5 Å². The van der Waals surface area contributed by atoms with Crippen LogP contribution in [0.25, 0.3) is 17.4 Å². The minimum absolute atomic E-state index is 0.0499. The normalized spacial score (nSPS) is 14.8. The Bertz CT molecular complexity index is 2110. The highest BCUT2D eigenvalue weighted by atomic mass is 35.5. The molecule has 1 aliphatic heterocycles. The number of nitrogens with one attached hydrogen (secondary N) is 1. The van der Waals surface area contributed by atoms with Gasteiger partial charge in [0.15, 0.2) is 4.80 Å². The quantitative estimate of drug-likeness (QED) is 0.258. The molecule has 5 aromatic rings. The zero-order valence-corrected chi connectivity index (χ0v) is 23.9. The van der Waals surface area contributed by atoms with E-state index < -0.39 is 29.3 Å². The van der Waals surface area contributed by atoms with E-state index >= 15 is 0 Å². The van der Waals surface area contributed by atoms with Crippen molar-refractivity contribution in [1.29, 1.82) is 0 Å². The van der Waals surface area contributed by atoms with Crippen molar-refractivity contribution in [2.45, 2.75) is 13.0 Å². The topological polar surface area (TPSA) is 114 Å². The monoisotopic (exact) mass is 613 g/mol. The van der Waals surface area contributed by atoms with Crippen LogP contribution in [0.15, 0.2) is 110 Å². The molecule has 0 bridgehead atoms. The number of amides is 1. The zero-order chi connectivity index (χ0) is 30.2. The van der Waals surface area contributed by atoms with E-state index in [0.717, 1.165) is 11.3 Å². The smallest absolute Gasteiger partial charge is 0.335 e. The molecule has 1 amide bonds. The average Bonchev–Trinajstić information content (AvgIpc) is 3.57. The Hall–Kier alpha value is -5.06. The van der Waals surface area contributed by atoms with Crippen molar-refractivity contribution in [2.24, 2.45) is 4.99 Å². The number of furan rings is 1. The van der Waals surface area contributed by atoms with Gasteiger partial charge in [-0.15, -0.1) is 0 Å². The molecule has 3 heterocycles. The van der Waals surface area contributed by atoms with Gasteiger partial charge in [-0.1, -0.05) is 53.3 Å². The fraction of sp³-hybridized carbons (Fsp3) is 0.0625. The molecule has 2 aromatic heterocycles. The van der Waals surface area contributed by atoms with Crippen molar-refractivity contribution >= 4 is 46.6 Å². The summed E-state index contributed by atoms with van der Waals surface area (Å²) in [7, 11) is 0. The van der Waals surface area contributed by atoms with Gasteiger partial charge in [0.05, 0.1) is 32.4 Å². The molecule has 214 valence electrons. The van der Waals surface area contributed by atoms with Crippen molar-refractivity contribution in [2.75, 3.05) is 5.32 Å². The number of carboxylic acids is 1. The number of thiazole rings is 1. The van der Waals surface area contributed by atoms with Gasteiger partial charge in [-0.3, -0.25) is 14.2 Å². The van der Waals surface area contributed by atoms with Crippen LogP contribution in [0.1, 0.15) is 34.6 Å². The minimum Gasteiger partial charge on any atom is -0.478 e. The lowest BCUT2D eigenvalue weighted by atomic mass is 9.95. The highest BCUT2D eigenvalue weighted by molar-refractivity contribution is 7.07. The first kappa shape index (κ1) is 28.1. The van der Waals surface area contributed by atoms with E-state index in [-0.39, 0.29) is 15.7 Å². The van der Waals surface area contributed by atoms with Crippen molar-refractivity contribution in [1.82, 2.24) is 4.57 Å². The number of carbonyl (C=O) groups excluding carboxylic acids is 1. The number of hydrogen-bond donors (Lipinski definition) is 2. The number of anilines is 1. The first-order valence-electron chi connectivity index (χ1n) is 13.0. The maximum atomic E-state index is 13.9. The number of halogens is 2. The summed E-state index contributed by atoms with van der Waals surface area (Å²) in [5.41, 5.74) is 1.81. The standard InChI is InChI=1S/C32H21ClFN3O5S/c1-17-27(29(38)36-21-5-3-2-4-6-21)28(18-7-10-20(34)11-8-18)37-30(39)26(43-32(37)35-17)16-22-12-14-25(42-22)23-15-19(31(40)41)9-13-24(23)33/h2-16,28H,1H3,(H,36,38)(H,40,41)/b26-16-/t28-/m0/s1. The third-order valence-electron chi connectivity index (χ3n) is 6.86. The molecule has 0 radical (unpaired) electrons. The molecule has 0 spiro atoms. The fourth-order valence-electron chi connectivity index (χ4n) is 4.84. The largest absolute Gasteiger partial charge is 0.478 e. The van der Waals surface area contributed by atoms with Crippen molar-refractivity contribution < 1.29 is 23.5 Å². The Labute approximate surface area is 252 Å². The lowest BCUT2D eigenvalue weighted by Gasteiger charge is -2.25. The van der Waals surface area contributed by atoms with Gasteiger partial charge in [0.2, 0.25) is 0 Å². The summed E-state index contributed by atoms with van der Waals surface area (Å²) in [5.74, 6) is -1.34. The molecule has 0 saturated carbocycles. The van der Waals surface area contributed by atoms with E-state index in [9.17, 15) is 23.9 Å². The van der Waals surface area contributed by atoms with Crippen LogP contribution in [0.2, 0.25) is 5.02 Å². The predicted molar refractivity (Wildman–Crippen MR) is 161 cm³/mol. The number of aromatic nitrogens is 1. The lowest BCUT2D eigenvalue weighted by Crippen LogP contribution is -2.40. The molecule has 0 unspecified atom stereocenters. The van der Waals surface area contributed by atoms with Crippen LogP contribution in [0.3, 0.4) is 0 Å². The van der Waals surface area contributed by atoms with Gasteiger partial charge >= 0.3 is 5.97 Å². The van der Waals surface area contributed by atoms with E-state index in [1.165, 1.54) is 34.9 Å². The van der Waals surface area contributed by atoms with Gasteiger partial charge in [0.1, 0.15) is 17.3 Å². The third-order valence-corrected chi connectivity index (χ3v) is 8.18. The Morgan fingerprint density at radius 1 is 1.07 bits per heavy atom. The van der Waals surface area contributed by atoms with Crippen molar-refractivity contribution in [3.8, 4) is 11.3 Å². The molecule has 6 rings (SSSR count). The summed E-state index contributed by atoms with van der Waals surface area (Å²) < 4.78 is 21.5. The van der Waals surface area contributed by atoms with Crippen molar-refractivity contribution in [3.05, 3.63) is 144 Å². The lowest BCUT2D eigenvalue weighted by molar-refractivity contribution is -0.113. The van der Waals surface area contributed by atoms with Crippen LogP contribution in [-0.4, -0.2) is 21.6 Å². The minimum atomic E-state index is -1.10. The highest BCUT2D eigenvalue weighted by Gasteiger charge is 2.32. The van der Waals surface area contributed by atoms with Crippen LogP contribution >= 0.6 is 22.9 Å². The summed E-state index contributed by atoms with van der Waals surface area (Å²) >= 11 is 7.42. The van der Waals surface area contributed by atoms with E-state index in [1.807, 2.05) is 6.07 Å². The predicted octanol–water partition coefficient (Wildman–Crippen LogP) is 5.62. The first-order chi connectivity index (χ1) is 20.7. The van der Waals surface area contributed by atoms with Crippen LogP contribution in [0, 0.1) is 5.82 Å². The molecule has 0 saturated heterocycles. The number of carbonyl (C=O) groups is 2. The van der Waals surface area contributed by atoms with Gasteiger partial charge in [-0.2, -0.15) is 0 Å². The van der Waals surface area contributed by atoms with Crippen molar-refractivity contribution in [3.63, 3.8) is 0 Å². The van der Waals surface area contributed by atoms with Gasteiger partial charge in [0, 0.05) is 17.3 Å². The molecule has 3 aromatic carbocycles. The number of hydrogen-bond acceptors (Lipinski definition) is 6. The fourth-order valence-corrected chi connectivity index (χ4v) is 6.08. The number of benzene rings is 3. The number of para-hydroxylation sites is 1. The molecular weight excluding hydrogens is 593 g/mol. The summed E-state index contributed by atoms with van der Waals surface area (Å²) in [4.78, 5) is 43.9. The molecular formula is C32H21ClFN3O5S.